The number of hydrogen-bond donors (Lipinski definition) is 1. The second-order valence-electron chi connectivity index (χ2n) is 6.99. The van der Waals surface area contributed by atoms with Gasteiger partial charge < -0.3 is 9.88 Å². The number of rotatable bonds is 2. The minimum absolute atomic E-state index is 0.152. The van der Waals surface area contributed by atoms with Crippen LogP contribution >= 0.6 is 0 Å². The molecule has 1 aromatic heterocycles. The molecule has 0 fully saturated rings. The van der Waals surface area contributed by atoms with E-state index in [1.807, 2.05) is 12.1 Å². The summed E-state index contributed by atoms with van der Waals surface area (Å²) in [5, 5.41) is 10.4. The van der Waals surface area contributed by atoms with E-state index in [1.165, 1.54) is 22.1 Å². The van der Waals surface area contributed by atoms with Crippen molar-refractivity contribution in [1.29, 1.82) is 5.26 Å². The Balaban J connectivity index is 1.69. The predicted octanol–water partition coefficient (Wildman–Crippen LogP) is 5.19. The van der Waals surface area contributed by atoms with Crippen molar-refractivity contribution < 1.29 is 0 Å². The fourth-order valence-electron chi connectivity index (χ4n) is 4.23. The molecule has 1 N–H and O–H groups in total. The molecule has 0 radical (unpaired) electrons. The van der Waals surface area contributed by atoms with Crippen LogP contribution in [0.15, 0.2) is 79.0 Å². The SMILES string of the molecule is N#Cc1ccc(N2CCc3ccccc3C2c2c[nH]c3ccccc23)cc1. The Hall–Kier alpha value is -3.51. The molecule has 1 unspecified atom stereocenters. The van der Waals surface area contributed by atoms with Crippen LogP contribution in [0.1, 0.15) is 28.3 Å². The summed E-state index contributed by atoms with van der Waals surface area (Å²) in [7, 11) is 0. The molecule has 0 aliphatic carbocycles. The van der Waals surface area contributed by atoms with Gasteiger partial charge in [-0.15, -0.1) is 0 Å². The van der Waals surface area contributed by atoms with Gasteiger partial charge in [-0.1, -0.05) is 42.5 Å². The van der Waals surface area contributed by atoms with Gasteiger partial charge in [0.1, 0.15) is 0 Å². The van der Waals surface area contributed by atoms with Gasteiger partial charge in [0.05, 0.1) is 17.7 Å². The molecular weight excluding hydrogens is 330 g/mol. The van der Waals surface area contributed by atoms with Crippen molar-refractivity contribution in [3.8, 4) is 6.07 Å². The van der Waals surface area contributed by atoms with E-state index in [0.717, 1.165) is 24.2 Å². The lowest BCUT2D eigenvalue weighted by molar-refractivity contribution is 0.656. The molecule has 130 valence electrons. The van der Waals surface area contributed by atoms with Gasteiger partial charge in [0.2, 0.25) is 0 Å². The minimum Gasteiger partial charge on any atom is -0.361 e. The second-order valence-corrected chi connectivity index (χ2v) is 6.99. The zero-order valence-corrected chi connectivity index (χ0v) is 14.9. The third kappa shape index (κ3) is 2.58. The lowest BCUT2D eigenvalue weighted by Gasteiger charge is -2.39. The normalized spacial score (nSPS) is 16.1. The Labute approximate surface area is 158 Å². The number of nitrogens with zero attached hydrogens (tertiary/aromatic N) is 2. The van der Waals surface area contributed by atoms with Crippen LogP contribution in [0, 0.1) is 11.3 Å². The number of nitriles is 1. The van der Waals surface area contributed by atoms with Gasteiger partial charge in [0, 0.05) is 34.9 Å². The first-order valence-electron chi connectivity index (χ1n) is 9.26. The molecule has 1 aliphatic rings. The average Bonchev–Trinajstić information content (AvgIpc) is 3.17. The number of nitrogens with one attached hydrogen (secondary N) is 1. The fraction of sp³-hybridized carbons (Fsp3) is 0.125. The standard InChI is InChI=1S/C24H19N3/c25-15-17-9-11-19(12-10-17)27-14-13-18-5-1-2-6-20(18)24(27)22-16-26-23-8-4-3-7-21(22)23/h1-12,16,24,26H,13-14H2. The van der Waals surface area contributed by atoms with E-state index >= 15 is 0 Å². The fourth-order valence-corrected chi connectivity index (χ4v) is 4.23. The molecule has 0 bridgehead atoms. The van der Waals surface area contributed by atoms with E-state index in [-0.39, 0.29) is 6.04 Å². The van der Waals surface area contributed by atoms with Crippen LogP contribution < -0.4 is 4.90 Å². The van der Waals surface area contributed by atoms with Crippen molar-refractivity contribution in [3.63, 3.8) is 0 Å². The second kappa shape index (κ2) is 6.34. The molecule has 2 heterocycles. The monoisotopic (exact) mass is 349 g/mol. The van der Waals surface area contributed by atoms with Crippen molar-refractivity contribution >= 4 is 16.6 Å². The van der Waals surface area contributed by atoms with Gasteiger partial charge in [-0.05, 0) is 47.9 Å². The molecule has 0 spiro atoms. The highest BCUT2D eigenvalue weighted by Crippen LogP contribution is 2.40. The highest BCUT2D eigenvalue weighted by molar-refractivity contribution is 5.85. The van der Waals surface area contributed by atoms with Crippen molar-refractivity contribution in [2.45, 2.75) is 12.5 Å². The van der Waals surface area contributed by atoms with Gasteiger partial charge in [-0.25, -0.2) is 0 Å². The number of aromatic nitrogens is 1. The summed E-state index contributed by atoms with van der Waals surface area (Å²) in [6.07, 6.45) is 3.17. The molecular formula is C24H19N3. The Kier molecular flexibility index (Phi) is 3.69. The van der Waals surface area contributed by atoms with Crippen LogP contribution in [0.4, 0.5) is 5.69 Å². The summed E-state index contributed by atoms with van der Waals surface area (Å²) in [4.78, 5) is 5.89. The highest BCUT2D eigenvalue weighted by Gasteiger charge is 2.30. The van der Waals surface area contributed by atoms with E-state index in [9.17, 15) is 0 Å². The van der Waals surface area contributed by atoms with E-state index in [2.05, 4.69) is 82.8 Å². The van der Waals surface area contributed by atoms with Crippen LogP contribution in [0.2, 0.25) is 0 Å². The zero-order valence-electron chi connectivity index (χ0n) is 14.9. The lowest BCUT2D eigenvalue weighted by Crippen LogP contribution is -2.36. The first kappa shape index (κ1) is 15.7. The largest absolute Gasteiger partial charge is 0.361 e. The number of hydrogen-bond acceptors (Lipinski definition) is 2. The minimum atomic E-state index is 0.152. The summed E-state index contributed by atoms with van der Waals surface area (Å²) in [6, 6.07) is 27.5. The van der Waals surface area contributed by atoms with Crippen LogP contribution in [0.25, 0.3) is 10.9 Å². The van der Waals surface area contributed by atoms with Gasteiger partial charge in [-0.3, -0.25) is 0 Å². The topological polar surface area (TPSA) is 42.8 Å². The maximum Gasteiger partial charge on any atom is 0.0991 e. The Bertz CT molecular complexity index is 1150. The quantitative estimate of drug-likeness (QED) is 0.541. The maximum absolute atomic E-state index is 9.12. The number of H-pyrrole nitrogens is 1. The maximum atomic E-state index is 9.12. The summed E-state index contributed by atoms with van der Waals surface area (Å²) in [5.74, 6) is 0. The summed E-state index contributed by atoms with van der Waals surface area (Å²) < 4.78 is 0. The Morgan fingerprint density at radius 1 is 0.889 bits per heavy atom. The van der Waals surface area contributed by atoms with Gasteiger partial charge in [0.25, 0.3) is 0 Å². The first-order valence-corrected chi connectivity index (χ1v) is 9.26. The van der Waals surface area contributed by atoms with Crippen LogP contribution in [0.5, 0.6) is 0 Å². The summed E-state index contributed by atoms with van der Waals surface area (Å²) in [6.45, 7) is 0.951. The van der Waals surface area contributed by atoms with Gasteiger partial charge >= 0.3 is 0 Å². The molecule has 3 heteroatoms. The van der Waals surface area contributed by atoms with Gasteiger partial charge in [-0.2, -0.15) is 5.26 Å². The van der Waals surface area contributed by atoms with Gasteiger partial charge in [0.15, 0.2) is 0 Å². The number of anilines is 1. The number of fused-ring (bicyclic) bond motifs is 2. The summed E-state index contributed by atoms with van der Waals surface area (Å²) >= 11 is 0. The first-order chi connectivity index (χ1) is 13.3. The highest BCUT2D eigenvalue weighted by atomic mass is 15.2. The molecule has 3 nitrogen and oxygen atoms in total. The van der Waals surface area contributed by atoms with E-state index < -0.39 is 0 Å². The number of aromatic amines is 1. The molecule has 27 heavy (non-hydrogen) atoms. The zero-order chi connectivity index (χ0) is 18.2. The molecule has 3 aromatic carbocycles. The average molecular weight is 349 g/mol. The number of benzene rings is 3. The lowest BCUT2D eigenvalue weighted by atomic mass is 9.87. The van der Waals surface area contributed by atoms with E-state index in [4.69, 9.17) is 5.26 Å². The molecule has 1 aliphatic heterocycles. The molecule has 0 amide bonds. The molecule has 4 aromatic rings. The van der Waals surface area contributed by atoms with E-state index in [0.29, 0.717) is 5.56 Å². The van der Waals surface area contributed by atoms with Crippen molar-refractivity contribution in [1.82, 2.24) is 4.98 Å². The van der Waals surface area contributed by atoms with Crippen molar-refractivity contribution in [3.05, 3.63) is 101 Å². The van der Waals surface area contributed by atoms with Crippen molar-refractivity contribution in [2.75, 3.05) is 11.4 Å². The predicted molar refractivity (Wildman–Crippen MR) is 109 cm³/mol. The van der Waals surface area contributed by atoms with E-state index in [1.54, 1.807) is 0 Å². The summed E-state index contributed by atoms with van der Waals surface area (Å²) in [5.41, 5.74) is 7.08. The van der Waals surface area contributed by atoms with Crippen LogP contribution in [-0.2, 0) is 6.42 Å². The Morgan fingerprint density at radius 2 is 1.67 bits per heavy atom. The third-order valence-corrected chi connectivity index (χ3v) is 5.53. The Morgan fingerprint density at radius 3 is 2.52 bits per heavy atom. The number of para-hydroxylation sites is 1. The third-order valence-electron chi connectivity index (χ3n) is 5.53. The van der Waals surface area contributed by atoms with Crippen LogP contribution in [0.3, 0.4) is 0 Å². The molecule has 0 saturated heterocycles. The van der Waals surface area contributed by atoms with Crippen LogP contribution in [-0.4, -0.2) is 11.5 Å². The van der Waals surface area contributed by atoms with Crippen molar-refractivity contribution in [2.24, 2.45) is 0 Å². The molecule has 5 rings (SSSR count). The molecule has 0 saturated carbocycles. The molecule has 1 atom stereocenters. The smallest absolute Gasteiger partial charge is 0.0991 e.